The van der Waals surface area contributed by atoms with Crippen molar-refractivity contribution >= 4 is 17.5 Å². The number of hydrogen-bond acceptors (Lipinski definition) is 3. The zero-order valence-electron chi connectivity index (χ0n) is 15.0. The Balaban J connectivity index is 1.58. The average Bonchev–Trinajstić information content (AvgIpc) is 3.42. The van der Waals surface area contributed by atoms with Crippen molar-refractivity contribution in [2.24, 2.45) is 0 Å². The molecule has 0 radical (unpaired) electrons. The van der Waals surface area contributed by atoms with Crippen molar-refractivity contribution in [3.63, 3.8) is 0 Å². The maximum absolute atomic E-state index is 12.8. The molecule has 27 heavy (non-hydrogen) atoms. The van der Waals surface area contributed by atoms with Crippen molar-refractivity contribution in [2.75, 3.05) is 26.2 Å². The lowest BCUT2D eigenvalue weighted by atomic mass is 10.2. The Morgan fingerprint density at radius 3 is 2.81 bits per heavy atom. The van der Waals surface area contributed by atoms with E-state index in [0.29, 0.717) is 28.7 Å². The summed E-state index contributed by atoms with van der Waals surface area (Å²) in [4.78, 5) is 14.4. The zero-order valence-corrected chi connectivity index (χ0v) is 15.7. The third kappa shape index (κ3) is 4.07. The molecule has 3 aromatic rings. The zero-order chi connectivity index (χ0) is 18.6. The van der Waals surface area contributed by atoms with Gasteiger partial charge in [-0.25, -0.2) is 4.68 Å². The Kier molecular flexibility index (Phi) is 5.27. The lowest BCUT2D eigenvalue weighted by Crippen LogP contribution is -3.10. The Labute approximate surface area is 162 Å². The quantitative estimate of drug-likeness (QED) is 0.683. The highest BCUT2D eigenvalue weighted by molar-refractivity contribution is 6.30. The second kappa shape index (κ2) is 7.98. The number of likely N-dealkylation sites (tertiary alicyclic amines) is 1. The molecule has 140 valence electrons. The number of halogens is 1. The predicted molar refractivity (Wildman–Crippen MR) is 103 cm³/mol. The number of furan rings is 1. The summed E-state index contributed by atoms with van der Waals surface area (Å²) in [6.45, 7) is 3.98. The number of carbonyl (C=O) groups is 1. The number of hydrogen-bond donors (Lipinski definition) is 2. The third-order valence-corrected chi connectivity index (χ3v) is 5.08. The minimum absolute atomic E-state index is 0.154. The van der Waals surface area contributed by atoms with E-state index in [1.54, 1.807) is 40.1 Å². The second-order valence-electron chi connectivity index (χ2n) is 6.75. The van der Waals surface area contributed by atoms with Gasteiger partial charge < -0.3 is 14.6 Å². The highest BCUT2D eigenvalue weighted by atomic mass is 35.5. The van der Waals surface area contributed by atoms with Crippen molar-refractivity contribution in [3.05, 3.63) is 59.4 Å². The van der Waals surface area contributed by atoms with Crippen LogP contribution in [0, 0.1) is 0 Å². The molecular formula is C20H22ClN4O2+. The molecule has 7 heteroatoms. The van der Waals surface area contributed by atoms with E-state index in [-0.39, 0.29) is 5.91 Å². The molecule has 3 heterocycles. The Hall–Kier alpha value is -2.57. The van der Waals surface area contributed by atoms with Gasteiger partial charge in [-0.2, -0.15) is 5.10 Å². The maximum atomic E-state index is 12.8. The predicted octanol–water partition coefficient (Wildman–Crippen LogP) is 2.19. The van der Waals surface area contributed by atoms with Crippen LogP contribution in [0.4, 0.5) is 0 Å². The van der Waals surface area contributed by atoms with Crippen LogP contribution in [-0.4, -0.2) is 41.9 Å². The highest BCUT2D eigenvalue weighted by Crippen LogP contribution is 2.23. The third-order valence-electron chi connectivity index (χ3n) is 4.84. The molecule has 2 aromatic heterocycles. The van der Waals surface area contributed by atoms with Gasteiger partial charge in [-0.3, -0.25) is 4.79 Å². The van der Waals surface area contributed by atoms with E-state index < -0.39 is 0 Å². The van der Waals surface area contributed by atoms with Gasteiger partial charge in [0.05, 0.1) is 38.1 Å². The molecule has 0 saturated carbocycles. The lowest BCUT2D eigenvalue weighted by Gasteiger charge is -2.13. The summed E-state index contributed by atoms with van der Waals surface area (Å²) in [5.74, 6) is 0.463. The van der Waals surface area contributed by atoms with E-state index in [1.165, 1.54) is 25.9 Å². The van der Waals surface area contributed by atoms with Crippen LogP contribution in [0.15, 0.2) is 53.1 Å². The van der Waals surface area contributed by atoms with E-state index in [2.05, 4.69) is 10.4 Å². The molecule has 1 fully saturated rings. The van der Waals surface area contributed by atoms with Crippen LogP contribution in [0.3, 0.4) is 0 Å². The van der Waals surface area contributed by atoms with Crippen LogP contribution in [0.1, 0.15) is 23.3 Å². The van der Waals surface area contributed by atoms with Gasteiger partial charge in [0.1, 0.15) is 11.4 Å². The minimum atomic E-state index is -0.154. The van der Waals surface area contributed by atoms with Gasteiger partial charge in [-0.15, -0.1) is 0 Å². The monoisotopic (exact) mass is 385 g/mol. The van der Waals surface area contributed by atoms with E-state index >= 15 is 0 Å². The molecule has 1 amide bonds. The Morgan fingerprint density at radius 2 is 2.07 bits per heavy atom. The van der Waals surface area contributed by atoms with Crippen molar-refractivity contribution in [2.45, 2.75) is 12.8 Å². The smallest absolute Gasteiger partial charge is 0.270 e. The van der Waals surface area contributed by atoms with Gasteiger partial charge >= 0.3 is 0 Å². The van der Waals surface area contributed by atoms with Gasteiger partial charge in [-0.1, -0.05) is 17.7 Å². The first kappa shape index (κ1) is 17.8. The van der Waals surface area contributed by atoms with Crippen molar-refractivity contribution in [3.8, 4) is 17.1 Å². The number of aromatic nitrogens is 2. The van der Waals surface area contributed by atoms with Gasteiger partial charge in [0, 0.05) is 23.9 Å². The normalized spacial score (nSPS) is 14.6. The van der Waals surface area contributed by atoms with Crippen LogP contribution < -0.4 is 10.2 Å². The van der Waals surface area contributed by atoms with Crippen molar-refractivity contribution in [1.29, 1.82) is 0 Å². The molecule has 1 aliphatic heterocycles. The van der Waals surface area contributed by atoms with E-state index in [9.17, 15) is 4.79 Å². The number of amides is 1. The molecule has 1 aliphatic rings. The summed E-state index contributed by atoms with van der Waals surface area (Å²) in [5.41, 5.74) is 1.80. The largest absolute Gasteiger partial charge is 0.463 e. The van der Waals surface area contributed by atoms with Crippen LogP contribution in [-0.2, 0) is 0 Å². The first-order chi connectivity index (χ1) is 13.2. The molecule has 6 nitrogen and oxygen atoms in total. The summed E-state index contributed by atoms with van der Waals surface area (Å²) in [6.07, 6.45) is 4.14. The highest BCUT2D eigenvalue weighted by Gasteiger charge is 2.20. The molecule has 2 N–H and O–H groups in total. The molecule has 4 rings (SSSR count). The number of rotatable bonds is 6. The summed E-state index contributed by atoms with van der Waals surface area (Å²) in [7, 11) is 0. The number of quaternary nitrogens is 1. The molecule has 0 unspecified atom stereocenters. The number of benzene rings is 1. The van der Waals surface area contributed by atoms with Crippen LogP contribution in [0.2, 0.25) is 5.02 Å². The SMILES string of the molecule is O=C(NCC[NH+]1CCCC1)c1cc(-c2ccco2)nn1-c1cccc(Cl)c1. The van der Waals surface area contributed by atoms with E-state index in [0.717, 1.165) is 12.2 Å². The number of carbonyl (C=O) groups excluding carboxylic acids is 1. The molecule has 0 spiro atoms. The number of nitrogens with one attached hydrogen (secondary N) is 2. The Bertz CT molecular complexity index is 914. The lowest BCUT2D eigenvalue weighted by molar-refractivity contribution is -0.886. The first-order valence-electron chi connectivity index (χ1n) is 9.22. The first-order valence-corrected chi connectivity index (χ1v) is 9.60. The minimum Gasteiger partial charge on any atom is -0.463 e. The van der Waals surface area contributed by atoms with Crippen LogP contribution in [0.5, 0.6) is 0 Å². The van der Waals surface area contributed by atoms with Crippen LogP contribution in [0.25, 0.3) is 17.1 Å². The molecule has 0 atom stereocenters. The standard InChI is InChI=1S/C20H21ClN4O2/c21-15-5-3-6-16(13-15)25-18(14-17(23-25)19-7-4-12-27-19)20(26)22-8-11-24-9-1-2-10-24/h3-7,12-14H,1-2,8-11H2,(H,22,26)/p+1. The fourth-order valence-corrected chi connectivity index (χ4v) is 3.65. The molecule has 0 bridgehead atoms. The summed E-state index contributed by atoms with van der Waals surface area (Å²) >= 11 is 6.13. The summed E-state index contributed by atoms with van der Waals surface area (Å²) in [6, 6.07) is 12.7. The van der Waals surface area contributed by atoms with Gasteiger partial charge in [0.25, 0.3) is 5.91 Å². The second-order valence-corrected chi connectivity index (χ2v) is 7.18. The molecular weight excluding hydrogens is 364 g/mol. The maximum Gasteiger partial charge on any atom is 0.270 e. The Morgan fingerprint density at radius 1 is 1.22 bits per heavy atom. The van der Waals surface area contributed by atoms with E-state index in [1.807, 2.05) is 18.2 Å². The van der Waals surface area contributed by atoms with E-state index in [4.69, 9.17) is 16.0 Å². The number of nitrogens with zero attached hydrogens (tertiary/aromatic N) is 2. The molecule has 1 saturated heterocycles. The van der Waals surface area contributed by atoms with Crippen LogP contribution >= 0.6 is 11.6 Å². The van der Waals surface area contributed by atoms with Gasteiger partial charge in [0.2, 0.25) is 0 Å². The fourth-order valence-electron chi connectivity index (χ4n) is 3.46. The summed E-state index contributed by atoms with van der Waals surface area (Å²) in [5, 5.41) is 8.18. The molecule has 1 aromatic carbocycles. The average molecular weight is 386 g/mol. The topological polar surface area (TPSA) is 64.5 Å². The van der Waals surface area contributed by atoms with Crippen molar-refractivity contribution in [1.82, 2.24) is 15.1 Å². The summed E-state index contributed by atoms with van der Waals surface area (Å²) < 4.78 is 7.05. The van der Waals surface area contributed by atoms with Crippen molar-refractivity contribution < 1.29 is 14.1 Å². The van der Waals surface area contributed by atoms with Gasteiger partial charge in [0.15, 0.2) is 5.76 Å². The fraction of sp³-hybridized carbons (Fsp3) is 0.300. The van der Waals surface area contributed by atoms with Gasteiger partial charge in [-0.05, 0) is 30.3 Å². The molecule has 0 aliphatic carbocycles.